The first-order chi connectivity index (χ1) is 10.2. The summed E-state index contributed by atoms with van der Waals surface area (Å²) in [4.78, 5) is 0. The summed E-state index contributed by atoms with van der Waals surface area (Å²) in [5.41, 5.74) is 7.55. The second kappa shape index (κ2) is 4.83. The number of tetrazole rings is 1. The lowest BCUT2D eigenvalue weighted by Crippen LogP contribution is -2.23. The van der Waals surface area contributed by atoms with Gasteiger partial charge < -0.3 is 5.73 Å². The summed E-state index contributed by atoms with van der Waals surface area (Å²) in [6.45, 7) is 2.27. The van der Waals surface area contributed by atoms with Gasteiger partial charge in [-0.15, -0.1) is 5.10 Å². The van der Waals surface area contributed by atoms with E-state index in [-0.39, 0.29) is 0 Å². The number of aromatic nitrogens is 4. The first-order valence-electron chi connectivity index (χ1n) is 7.86. The monoisotopic (exact) mass is 283 g/mol. The second-order valence-corrected chi connectivity index (χ2v) is 6.65. The quantitative estimate of drug-likeness (QED) is 0.879. The molecule has 4 atom stereocenters. The number of hydrogen-bond acceptors (Lipinski definition) is 4. The minimum absolute atomic E-state index is 0.364. The van der Waals surface area contributed by atoms with Gasteiger partial charge in [-0.25, -0.2) is 4.68 Å². The van der Waals surface area contributed by atoms with E-state index < -0.39 is 0 Å². The summed E-state index contributed by atoms with van der Waals surface area (Å²) in [7, 11) is 0. The molecule has 110 valence electrons. The molecule has 2 saturated carbocycles. The summed E-state index contributed by atoms with van der Waals surface area (Å²) in [6.07, 6.45) is 5.56. The third-order valence-electron chi connectivity index (χ3n) is 5.46. The van der Waals surface area contributed by atoms with E-state index >= 15 is 0 Å². The number of hydrogen-bond donors (Lipinski definition) is 1. The smallest absolute Gasteiger partial charge is 0.182 e. The van der Waals surface area contributed by atoms with Crippen molar-refractivity contribution in [2.75, 3.05) is 5.73 Å². The Morgan fingerprint density at radius 2 is 2.00 bits per heavy atom. The molecule has 0 radical (unpaired) electrons. The Bertz CT molecular complexity index is 632. The lowest BCUT2D eigenvalue weighted by Gasteiger charge is -2.28. The SMILES string of the molecule is CC(C1CC2CCC1C2)n1nnnc1-c1ccc(N)cc1. The van der Waals surface area contributed by atoms with Crippen LogP contribution in [0.1, 0.15) is 38.6 Å². The van der Waals surface area contributed by atoms with Crippen molar-refractivity contribution in [2.45, 2.75) is 38.6 Å². The van der Waals surface area contributed by atoms with E-state index in [4.69, 9.17) is 5.73 Å². The van der Waals surface area contributed by atoms with Crippen molar-refractivity contribution in [3.8, 4) is 11.4 Å². The van der Waals surface area contributed by atoms with Crippen LogP contribution < -0.4 is 5.73 Å². The van der Waals surface area contributed by atoms with E-state index in [0.29, 0.717) is 6.04 Å². The molecule has 4 rings (SSSR count). The van der Waals surface area contributed by atoms with E-state index in [2.05, 4.69) is 22.4 Å². The molecule has 1 aromatic heterocycles. The van der Waals surface area contributed by atoms with E-state index in [1.165, 1.54) is 25.7 Å². The van der Waals surface area contributed by atoms with Crippen LogP contribution in [0.4, 0.5) is 5.69 Å². The van der Waals surface area contributed by atoms with Crippen molar-refractivity contribution in [1.29, 1.82) is 0 Å². The zero-order chi connectivity index (χ0) is 14.4. The van der Waals surface area contributed by atoms with Gasteiger partial charge in [0.15, 0.2) is 5.82 Å². The lowest BCUT2D eigenvalue weighted by molar-refractivity contribution is 0.229. The van der Waals surface area contributed by atoms with Gasteiger partial charge in [-0.3, -0.25) is 0 Å². The molecule has 2 aliphatic rings. The molecule has 5 heteroatoms. The first kappa shape index (κ1) is 12.8. The van der Waals surface area contributed by atoms with Gasteiger partial charge in [0.05, 0.1) is 6.04 Å². The topological polar surface area (TPSA) is 69.6 Å². The highest BCUT2D eigenvalue weighted by atomic mass is 15.5. The van der Waals surface area contributed by atoms with Gasteiger partial charge in [0, 0.05) is 11.3 Å². The molecule has 2 bridgehead atoms. The first-order valence-corrected chi connectivity index (χ1v) is 7.86. The summed E-state index contributed by atoms with van der Waals surface area (Å²) in [5, 5.41) is 12.4. The number of fused-ring (bicyclic) bond motifs is 2. The summed E-state index contributed by atoms with van der Waals surface area (Å²) in [6, 6.07) is 8.14. The van der Waals surface area contributed by atoms with Gasteiger partial charge >= 0.3 is 0 Å². The van der Waals surface area contributed by atoms with Crippen LogP contribution >= 0.6 is 0 Å². The predicted molar refractivity (Wildman–Crippen MR) is 81.3 cm³/mol. The summed E-state index contributed by atoms with van der Waals surface area (Å²) in [5.74, 6) is 3.39. The Morgan fingerprint density at radius 3 is 2.67 bits per heavy atom. The Labute approximate surface area is 124 Å². The molecule has 2 N–H and O–H groups in total. The largest absolute Gasteiger partial charge is 0.399 e. The van der Waals surface area contributed by atoms with Gasteiger partial charge in [0.1, 0.15) is 0 Å². The predicted octanol–water partition coefficient (Wildman–Crippen LogP) is 2.92. The standard InChI is InChI=1S/C16H21N5/c1-10(15-9-11-2-3-13(15)8-11)21-16(18-19-20-21)12-4-6-14(17)7-5-12/h4-7,10-11,13,15H,2-3,8-9,17H2,1H3. The fraction of sp³-hybridized carbons (Fsp3) is 0.562. The zero-order valence-electron chi connectivity index (χ0n) is 12.3. The third kappa shape index (κ3) is 2.11. The molecule has 4 unspecified atom stereocenters. The summed E-state index contributed by atoms with van der Waals surface area (Å²) >= 11 is 0. The Hall–Kier alpha value is -1.91. The molecule has 0 saturated heterocycles. The molecular formula is C16H21N5. The fourth-order valence-electron chi connectivity index (χ4n) is 4.36. The Kier molecular flexibility index (Phi) is 2.94. The highest BCUT2D eigenvalue weighted by Crippen LogP contribution is 2.52. The van der Waals surface area contributed by atoms with Crippen molar-refractivity contribution in [1.82, 2.24) is 20.2 Å². The summed E-state index contributed by atoms with van der Waals surface area (Å²) < 4.78 is 2.01. The molecular weight excluding hydrogens is 262 g/mol. The maximum Gasteiger partial charge on any atom is 0.182 e. The van der Waals surface area contributed by atoms with Crippen LogP contribution in [-0.2, 0) is 0 Å². The van der Waals surface area contributed by atoms with Crippen molar-refractivity contribution in [3.05, 3.63) is 24.3 Å². The van der Waals surface area contributed by atoms with Crippen molar-refractivity contribution in [3.63, 3.8) is 0 Å². The lowest BCUT2D eigenvalue weighted by atomic mass is 9.84. The van der Waals surface area contributed by atoms with Crippen molar-refractivity contribution >= 4 is 5.69 Å². The van der Waals surface area contributed by atoms with Gasteiger partial charge in [0.25, 0.3) is 0 Å². The average Bonchev–Trinajstić information content (AvgIpc) is 3.23. The number of nitrogens with zero attached hydrogens (tertiary/aromatic N) is 4. The van der Waals surface area contributed by atoms with Gasteiger partial charge in [-0.2, -0.15) is 0 Å². The highest BCUT2D eigenvalue weighted by molar-refractivity contribution is 5.58. The molecule has 1 heterocycles. The van der Waals surface area contributed by atoms with Crippen LogP contribution in [0.5, 0.6) is 0 Å². The molecule has 2 aliphatic carbocycles. The average molecular weight is 283 g/mol. The third-order valence-corrected chi connectivity index (χ3v) is 5.46. The second-order valence-electron chi connectivity index (χ2n) is 6.65. The van der Waals surface area contributed by atoms with Gasteiger partial charge in [-0.1, -0.05) is 6.42 Å². The normalized spacial score (nSPS) is 28.9. The zero-order valence-corrected chi connectivity index (χ0v) is 12.3. The van der Waals surface area contributed by atoms with Gasteiger partial charge in [-0.05, 0) is 78.6 Å². The molecule has 0 aliphatic heterocycles. The van der Waals surface area contributed by atoms with Crippen LogP contribution in [0, 0.1) is 17.8 Å². The van der Waals surface area contributed by atoms with Crippen molar-refractivity contribution in [2.24, 2.45) is 17.8 Å². The molecule has 1 aromatic carbocycles. The Morgan fingerprint density at radius 1 is 1.19 bits per heavy atom. The maximum absolute atomic E-state index is 5.76. The number of nitrogen functional groups attached to an aromatic ring is 1. The molecule has 5 nitrogen and oxygen atoms in total. The Balaban J connectivity index is 1.64. The van der Waals surface area contributed by atoms with Crippen LogP contribution in [-0.4, -0.2) is 20.2 Å². The van der Waals surface area contributed by atoms with Crippen LogP contribution in [0.25, 0.3) is 11.4 Å². The van der Waals surface area contributed by atoms with E-state index in [1.807, 2.05) is 28.9 Å². The minimum Gasteiger partial charge on any atom is -0.399 e. The molecule has 2 fully saturated rings. The molecule has 2 aromatic rings. The fourth-order valence-corrected chi connectivity index (χ4v) is 4.36. The number of benzene rings is 1. The highest BCUT2D eigenvalue weighted by Gasteiger charge is 2.43. The molecule has 0 amide bonds. The van der Waals surface area contributed by atoms with Crippen LogP contribution in [0.2, 0.25) is 0 Å². The van der Waals surface area contributed by atoms with Crippen LogP contribution in [0.15, 0.2) is 24.3 Å². The maximum atomic E-state index is 5.76. The number of nitrogens with two attached hydrogens (primary N) is 1. The molecule has 0 spiro atoms. The number of rotatable bonds is 3. The van der Waals surface area contributed by atoms with Crippen LogP contribution in [0.3, 0.4) is 0 Å². The van der Waals surface area contributed by atoms with E-state index in [1.54, 1.807) is 0 Å². The minimum atomic E-state index is 0.364. The van der Waals surface area contributed by atoms with Crippen molar-refractivity contribution < 1.29 is 0 Å². The van der Waals surface area contributed by atoms with E-state index in [0.717, 1.165) is 34.8 Å². The number of anilines is 1. The van der Waals surface area contributed by atoms with Gasteiger partial charge in [0.2, 0.25) is 0 Å². The van der Waals surface area contributed by atoms with E-state index in [9.17, 15) is 0 Å². The molecule has 21 heavy (non-hydrogen) atoms.